The van der Waals surface area contributed by atoms with Crippen molar-refractivity contribution in [1.29, 1.82) is 0 Å². The van der Waals surface area contributed by atoms with Crippen molar-refractivity contribution in [3.05, 3.63) is 0 Å². The molecule has 4 rings (SSSR count). The molecule has 1 N–H and O–H groups in total. The van der Waals surface area contributed by atoms with E-state index in [1.54, 1.807) is 0 Å². The maximum Gasteiger partial charge on any atom is 0.318 e. The molecule has 0 aromatic heterocycles. The molecule has 0 aromatic carbocycles. The summed E-state index contributed by atoms with van der Waals surface area (Å²) in [4.78, 5) is 11.8. The normalized spacial score (nSPS) is 45.2. The van der Waals surface area contributed by atoms with Crippen LogP contribution in [0.5, 0.6) is 0 Å². The van der Waals surface area contributed by atoms with E-state index in [-0.39, 0.29) is 16.5 Å². The van der Waals surface area contributed by atoms with Crippen LogP contribution in [0.15, 0.2) is 0 Å². The molecule has 4 aliphatic rings. The second-order valence-electron chi connectivity index (χ2n) is 6.78. The molecule has 19 heavy (non-hydrogen) atoms. The van der Waals surface area contributed by atoms with E-state index in [1.165, 1.54) is 6.42 Å². The van der Waals surface area contributed by atoms with Crippen LogP contribution in [-0.4, -0.2) is 27.2 Å². The Morgan fingerprint density at radius 3 is 2.26 bits per heavy atom. The number of alkyl halides is 1. The molecular formula is C15H23IO3. The number of aliphatic hydroxyl groups is 1. The highest BCUT2D eigenvalue weighted by Crippen LogP contribution is 2.58. The summed E-state index contributed by atoms with van der Waals surface area (Å²) < 4.78 is 5.34. The summed E-state index contributed by atoms with van der Waals surface area (Å²) >= 11 is 2.12. The Morgan fingerprint density at radius 2 is 1.79 bits per heavy atom. The van der Waals surface area contributed by atoms with Gasteiger partial charge in [-0.05, 0) is 62.2 Å². The van der Waals surface area contributed by atoms with E-state index in [0.717, 1.165) is 43.9 Å². The Bertz CT molecular complexity index is 340. The molecule has 1 unspecified atom stereocenters. The Hall–Kier alpha value is 0.160. The smallest absolute Gasteiger partial charge is 0.318 e. The molecule has 4 heteroatoms. The summed E-state index contributed by atoms with van der Waals surface area (Å²) in [5.41, 5.74) is -0.729. The van der Waals surface area contributed by atoms with E-state index in [9.17, 15) is 9.90 Å². The fourth-order valence-corrected chi connectivity index (χ4v) is 4.86. The number of halogens is 1. The van der Waals surface area contributed by atoms with Gasteiger partial charge in [0.05, 0.1) is 0 Å². The Kier molecular flexibility index (Phi) is 3.84. The predicted molar refractivity (Wildman–Crippen MR) is 81.1 cm³/mol. The average molecular weight is 378 g/mol. The molecule has 4 saturated carbocycles. The van der Waals surface area contributed by atoms with Gasteiger partial charge in [0.1, 0.15) is 16.1 Å². The first-order chi connectivity index (χ1) is 9.03. The van der Waals surface area contributed by atoms with Crippen molar-refractivity contribution in [1.82, 2.24) is 0 Å². The fourth-order valence-electron chi connectivity index (χ4n) is 4.68. The number of carbonyl (C=O) groups excluding carboxylic acids is 1. The van der Waals surface area contributed by atoms with Gasteiger partial charge in [0.25, 0.3) is 0 Å². The van der Waals surface area contributed by atoms with Crippen LogP contribution in [-0.2, 0) is 9.53 Å². The van der Waals surface area contributed by atoms with Gasteiger partial charge < -0.3 is 9.84 Å². The van der Waals surface area contributed by atoms with Crippen LogP contribution in [0.1, 0.15) is 45.4 Å². The zero-order chi connectivity index (χ0) is 13.6. The predicted octanol–water partition coefficient (Wildman–Crippen LogP) is 2.93. The maximum absolute atomic E-state index is 11.8. The number of esters is 1. The van der Waals surface area contributed by atoms with Gasteiger partial charge in [-0.2, -0.15) is 0 Å². The lowest BCUT2D eigenvalue weighted by atomic mass is 9.50. The molecule has 0 aliphatic heterocycles. The average Bonchev–Trinajstić information content (AvgIpc) is 2.40. The van der Waals surface area contributed by atoms with Gasteiger partial charge in [-0.3, -0.25) is 4.79 Å². The molecule has 4 fully saturated rings. The number of hydrogen-bond donors (Lipinski definition) is 1. The van der Waals surface area contributed by atoms with Gasteiger partial charge in [-0.15, -0.1) is 0 Å². The van der Waals surface area contributed by atoms with Crippen LogP contribution in [0.3, 0.4) is 0 Å². The van der Waals surface area contributed by atoms with Gasteiger partial charge in [-0.1, -0.05) is 29.5 Å². The number of hydrogen-bond acceptors (Lipinski definition) is 3. The topological polar surface area (TPSA) is 46.5 Å². The van der Waals surface area contributed by atoms with Crippen LogP contribution in [0.25, 0.3) is 0 Å². The third kappa shape index (κ3) is 2.43. The molecule has 1 atom stereocenters. The van der Waals surface area contributed by atoms with Crippen molar-refractivity contribution < 1.29 is 14.6 Å². The molecule has 0 amide bonds. The molecule has 108 valence electrons. The third-order valence-electron chi connectivity index (χ3n) is 5.61. The quantitative estimate of drug-likeness (QED) is 0.465. The lowest BCUT2D eigenvalue weighted by Crippen LogP contribution is -2.60. The minimum atomic E-state index is -0.729. The van der Waals surface area contributed by atoms with Gasteiger partial charge in [0.2, 0.25) is 0 Å². The zero-order valence-corrected chi connectivity index (χ0v) is 13.6. The van der Waals surface area contributed by atoms with Crippen LogP contribution in [0.4, 0.5) is 0 Å². The third-order valence-corrected chi connectivity index (χ3v) is 7.00. The minimum absolute atomic E-state index is 0.0852. The number of ether oxygens (including phenoxy) is 1. The maximum atomic E-state index is 11.8. The molecule has 4 bridgehead atoms. The summed E-state index contributed by atoms with van der Waals surface area (Å²) in [7, 11) is 0. The van der Waals surface area contributed by atoms with E-state index in [4.69, 9.17) is 4.74 Å². The molecule has 0 radical (unpaired) electrons. The Balaban J connectivity index is 1.65. The van der Waals surface area contributed by atoms with Crippen LogP contribution >= 0.6 is 22.6 Å². The molecular weight excluding hydrogens is 355 g/mol. The van der Waals surface area contributed by atoms with Crippen molar-refractivity contribution in [3.8, 4) is 0 Å². The van der Waals surface area contributed by atoms with Crippen LogP contribution < -0.4 is 0 Å². The monoisotopic (exact) mass is 378 g/mol. The lowest BCUT2D eigenvalue weighted by Gasteiger charge is -2.58. The summed E-state index contributed by atoms with van der Waals surface area (Å²) in [6, 6.07) is 0. The molecule has 3 nitrogen and oxygen atoms in total. The summed E-state index contributed by atoms with van der Waals surface area (Å²) in [5.74, 6) is 2.22. The van der Waals surface area contributed by atoms with E-state index >= 15 is 0 Å². The van der Waals surface area contributed by atoms with E-state index < -0.39 is 5.60 Å². The number of carbonyl (C=O) groups is 1. The van der Waals surface area contributed by atoms with Crippen molar-refractivity contribution in [2.75, 3.05) is 6.61 Å². The van der Waals surface area contributed by atoms with Crippen molar-refractivity contribution in [2.24, 2.45) is 23.7 Å². The summed E-state index contributed by atoms with van der Waals surface area (Å²) in [6.07, 6.45) is 6.72. The first-order valence-corrected chi connectivity index (χ1v) is 8.80. The van der Waals surface area contributed by atoms with Crippen LogP contribution in [0, 0.1) is 23.7 Å². The van der Waals surface area contributed by atoms with Crippen molar-refractivity contribution in [2.45, 2.75) is 55.0 Å². The largest absolute Gasteiger partial charge is 0.462 e. The fraction of sp³-hybridized carbons (Fsp3) is 0.933. The highest BCUT2D eigenvalue weighted by molar-refractivity contribution is 14.1. The minimum Gasteiger partial charge on any atom is -0.462 e. The molecule has 0 spiro atoms. The van der Waals surface area contributed by atoms with Crippen LogP contribution in [0.2, 0.25) is 0 Å². The van der Waals surface area contributed by atoms with E-state index in [2.05, 4.69) is 22.6 Å². The molecule has 4 aliphatic carbocycles. The molecule has 0 aromatic rings. The zero-order valence-electron chi connectivity index (χ0n) is 11.5. The highest BCUT2D eigenvalue weighted by atomic mass is 127. The highest BCUT2D eigenvalue weighted by Gasteiger charge is 2.57. The standard InChI is InChI=1S/C15H23IO3/c1-2-13(16)14(17)19-8-15(18)11-4-9-3-10(6-11)7-12(15)5-9/h9-13,18H,2-8H2,1H3. The van der Waals surface area contributed by atoms with Crippen molar-refractivity contribution >= 4 is 28.6 Å². The number of rotatable bonds is 4. The second kappa shape index (κ2) is 5.17. The van der Waals surface area contributed by atoms with E-state index in [1.807, 2.05) is 6.92 Å². The summed E-state index contributed by atoms with van der Waals surface area (Å²) in [5, 5.41) is 11.0. The first-order valence-electron chi connectivity index (χ1n) is 7.56. The Labute approximate surface area is 128 Å². The first kappa shape index (κ1) is 14.1. The van der Waals surface area contributed by atoms with Gasteiger partial charge in [0, 0.05) is 0 Å². The SMILES string of the molecule is CCC(I)C(=O)OCC1(O)C2CC3CC(C2)CC1C3. The summed E-state index contributed by atoms with van der Waals surface area (Å²) in [6.45, 7) is 2.20. The molecule has 0 saturated heterocycles. The second-order valence-corrected chi connectivity index (χ2v) is 8.28. The lowest BCUT2D eigenvalue weighted by molar-refractivity contribution is -0.202. The van der Waals surface area contributed by atoms with E-state index in [0.29, 0.717) is 11.8 Å². The molecule has 0 heterocycles. The van der Waals surface area contributed by atoms with Crippen molar-refractivity contribution in [3.63, 3.8) is 0 Å². The van der Waals surface area contributed by atoms with Gasteiger partial charge in [-0.25, -0.2) is 0 Å². The Morgan fingerprint density at radius 1 is 1.26 bits per heavy atom. The van der Waals surface area contributed by atoms with Gasteiger partial charge in [0.15, 0.2) is 0 Å². The van der Waals surface area contributed by atoms with Gasteiger partial charge >= 0.3 is 5.97 Å².